The molecule has 1 saturated heterocycles. The highest BCUT2D eigenvalue weighted by atomic mass is 32.2. The fraction of sp³-hybridized carbons (Fsp3) is 0.333. The average molecular weight is 429 g/mol. The van der Waals surface area contributed by atoms with Gasteiger partial charge < -0.3 is 19.7 Å². The summed E-state index contributed by atoms with van der Waals surface area (Å²) in [4.78, 5) is 17.1. The van der Waals surface area contributed by atoms with Crippen molar-refractivity contribution in [2.45, 2.75) is 29.9 Å². The molecule has 0 saturated carbocycles. The molecule has 0 spiro atoms. The number of aromatic nitrogens is 2. The number of amides is 1. The number of nitrogens with zero attached hydrogens (tertiary/aromatic N) is 3. The van der Waals surface area contributed by atoms with Gasteiger partial charge in [-0.25, -0.2) is 13.2 Å². The van der Waals surface area contributed by atoms with Gasteiger partial charge in [0, 0.05) is 48.2 Å². The van der Waals surface area contributed by atoms with Crippen LogP contribution < -0.4 is 0 Å². The maximum absolute atomic E-state index is 11.7. The molecule has 2 aromatic heterocycles. The van der Waals surface area contributed by atoms with Gasteiger partial charge >= 0.3 is 6.09 Å². The second-order valence-corrected chi connectivity index (χ2v) is 9.79. The Hall–Kier alpha value is -2.91. The van der Waals surface area contributed by atoms with E-state index < -0.39 is 21.5 Å². The summed E-state index contributed by atoms with van der Waals surface area (Å²) in [6.07, 6.45) is 4.45. The molecule has 3 heterocycles. The topological polar surface area (TPSA) is 113 Å². The molecule has 30 heavy (non-hydrogen) atoms. The Kier molecular flexibility index (Phi) is 5.03. The van der Waals surface area contributed by atoms with E-state index in [1.54, 1.807) is 24.4 Å². The number of carbonyl (C=O) groups is 1. The molecule has 158 valence electrons. The highest BCUT2D eigenvalue weighted by Gasteiger charge is 2.35. The summed E-state index contributed by atoms with van der Waals surface area (Å²) in [6, 6.07) is 10.6. The van der Waals surface area contributed by atoms with Crippen LogP contribution in [0, 0.1) is 0 Å². The van der Waals surface area contributed by atoms with Crippen LogP contribution >= 0.6 is 0 Å². The number of hydrogen-bond donors (Lipinski definition) is 2. The van der Waals surface area contributed by atoms with Gasteiger partial charge in [0.25, 0.3) is 0 Å². The Morgan fingerprint density at radius 2 is 1.90 bits per heavy atom. The number of pyridine rings is 1. The number of aliphatic hydroxyl groups is 1. The van der Waals surface area contributed by atoms with Crippen molar-refractivity contribution in [3.63, 3.8) is 0 Å². The van der Waals surface area contributed by atoms with E-state index in [1.165, 1.54) is 11.2 Å². The summed E-state index contributed by atoms with van der Waals surface area (Å²) in [5.74, 6) is 0. The highest BCUT2D eigenvalue weighted by Crippen LogP contribution is 2.32. The van der Waals surface area contributed by atoms with Crippen LogP contribution in [0.25, 0.3) is 10.9 Å². The molecule has 1 aliphatic heterocycles. The van der Waals surface area contributed by atoms with Crippen LogP contribution in [0.2, 0.25) is 0 Å². The maximum atomic E-state index is 11.7. The minimum Gasteiger partial charge on any atom is -0.465 e. The zero-order valence-corrected chi connectivity index (χ0v) is 17.3. The monoisotopic (exact) mass is 429 g/mol. The Bertz CT molecular complexity index is 1190. The lowest BCUT2D eigenvalue weighted by atomic mass is 9.85. The first kappa shape index (κ1) is 20.4. The molecule has 8 nitrogen and oxygen atoms in total. The summed E-state index contributed by atoms with van der Waals surface area (Å²) in [7, 11) is -3.25. The van der Waals surface area contributed by atoms with Gasteiger partial charge in [0.2, 0.25) is 0 Å². The molecule has 3 aromatic rings. The lowest BCUT2D eigenvalue weighted by Gasteiger charge is -2.37. The molecular formula is C21H23N3O5S. The van der Waals surface area contributed by atoms with Gasteiger partial charge in [-0.1, -0.05) is 6.07 Å². The first-order valence-electron chi connectivity index (χ1n) is 9.60. The summed E-state index contributed by atoms with van der Waals surface area (Å²) in [5.41, 5.74) is 1.33. The third kappa shape index (κ3) is 3.90. The lowest BCUT2D eigenvalue weighted by molar-refractivity contribution is -0.0216. The van der Waals surface area contributed by atoms with Crippen LogP contribution in [-0.2, 0) is 22.0 Å². The van der Waals surface area contributed by atoms with Crippen molar-refractivity contribution in [1.82, 2.24) is 14.5 Å². The molecule has 0 atom stereocenters. The second-order valence-electron chi connectivity index (χ2n) is 7.78. The van der Waals surface area contributed by atoms with E-state index in [9.17, 15) is 18.3 Å². The maximum Gasteiger partial charge on any atom is 0.407 e. The molecule has 1 aliphatic rings. The zero-order valence-electron chi connectivity index (χ0n) is 16.5. The number of fused-ring (bicyclic) bond motifs is 1. The fourth-order valence-electron chi connectivity index (χ4n) is 3.87. The smallest absolute Gasteiger partial charge is 0.407 e. The first-order valence-corrected chi connectivity index (χ1v) is 11.5. The molecular weight excluding hydrogens is 406 g/mol. The van der Waals surface area contributed by atoms with Gasteiger partial charge in [-0.2, -0.15) is 0 Å². The fourth-order valence-corrected chi connectivity index (χ4v) is 4.53. The Morgan fingerprint density at radius 1 is 1.17 bits per heavy atom. The van der Waals surface area contributed by atoms with Gasteiger partial charge in [0.05, 0.1) is 22.7 Å². The molecule has 0 unspecified atom stereocenters. The van der Waals surface area contributed by atoms with E-state index in [0.29, 0.717) is 38.0 Å². The largest absolute Gasteiger partial charge is 0.465 e. The number of likely N-dealkylation sites (tertiary alicyclic amines) is 1. The predicted octanol–water partition coefficient (Wildman–Crippen LogP) is 2.45. The van der Waals surface area contributed by atoms with Crippen molar-refractivity contribution in [3.8, 4) is 0 Å². The van der Waals surface area contributed by atoms with Gasteiger partial charge in [-0.3, -0.25) is 4.98 Å². The zero-order chi connectivity index (χ0) is 21.5. The molecule has 4 rings (SSSR count). The standard InChI is InChI=1S/C21H23N3O5S/c1-30(28,29)18-4-5-19-15(12-18)6-9-24(19)14-17-3-2-16(13-22-17)21(27)7-10-23(11-8-21)20(25)26/h2-6,9,12-13,27H,7-8,10-11,14H2,1H3,(H,25,26). The van der Waals surface area contributed by atoms with Crippen LogP contribution in [0.15, 0.2) is 53.7 Å². The van der Waals surface area contributed by atoms with E-state index in [1.807, 2.05) is 29.0 Å². The Balaban J connectivity index is 1.51. The van der Waals surface area contributed by atoms with E-state index in [0.717, 1.165) is 16.6 Å². The van der Waals surface area contributed by atoms with Crippen LogP contribution in [0.3, 0.4) is 0 Å². The van der Waals surface area contributed by atoms with Crippen molar-refractivity contribution >= 4 is 26.8 Å². The van der Waals surface area contributed by atoms with Gasteiger partial charge in [0.15, 0.2) is 9.84 Å². The number of piperidine rings is 1. The van der Waals surface area contributed by atoms with Gasteiger partial charge in [-0.15, -0.1) is 0 Å². The number of rotatable bonds is 4. The minimum atomic E-state index is -3.25. The van der Waals surface area contributed by atoms with E-state index in [2.05, 4.69) is 4.98 Å². The molecule has 0 bridgehead atoms. The summed E-state index contributed by atoms with van der Waals surface area (Å²) in [6.45, 7) is 1.09. The van der Waals surface area contributed by atoms with E-state index >= 15 is 0 Å². The van der Waals surface area contributed by atoms with Crippen LogP contribution in [0.4, 0.5) is 4.79 Å². The third-order valence-corrected chi connectivity index (χ3v) is 6.84. The second kappa shape index (κ2) is 7.41. The highest BCUT2D eigenvalue weighted by molar-refractivity contribution is 7.90. The van der Waals surface area contributed by atoms with Crippen molar-refractivity contribution in [1.29, 1.82) is 0 Å². The lowest BCUT2D eigenvalue weighted by Crippen LogP contribution is -2.44. The van der Waals surface area contributed by atoms with Crippen molar-refractivity contribution in [3.05, 3.63) is 60.0 Å². The quantitative estimate of drug-likeness (QED) is 0.659. The summed E-state index contributed by atoms with van der Waals surface area (Å²) in [5, 5.41) is 20.8. The molecule has 2 N–H and O–H groups in total. The third-order valence-electron chi connectivity index (χ3n) is 5.73. The van der Waals surface area contributed by atoms with Crippen LogP contribution in [-0.4, -0.2) is 58.5 Å². The molecule has 1 fully saturated rings. The normalized spacial score (nSPS) is 16.7. The molecule has 1 amide bonds. The minimum absolute atomic E-state index is 0.289. The van der Waals surface area contributed by atoms with Gasteiger partial charge in [0.1, 0.15) is 0 Å². The molecule has 1 aromatic carbocycles. The Morgan fingerprint density at radius 3 is 2.50 bits per heavy atom. The predicted molar refractivity (Wildman–Crippen MR) is 111 cm³/mol. The van der Waals surface area contributed by atoms with Crippen molar-refractivity contribution in [2.24, 2.45) is 0 Å². The number of carboxylic acid groups (broad SMARTS) is 1. The first-order chi connectivity index (χ1) is 14.2. The summed E-state index contributed by atoms with van der Waals surface area (Å²) >= 11 is 0. The summed E-state index contributed by atoms with van der Waals surface area (Å²) < 4.78 is 25.5. The van der Waals surface area contributed by atoms with E-state index in [4.69, 9.17) is 5.11 Å². The van der Waals surface area contributed by atoms with Crippen molar-refractivity contribution < 1.29 is 23.4 Å². The molecule has 0 aliphatic carbocycles. The van der Waals surface area contributed by atoms with Crippen molar-refractivity contribution in [2.75, 3.05) is 19.3 Å². The number of benzene rings is 1. The van der Waals surface area contributed by atoms with Crippen LogP contribution in [0.5, 0.6) is 0 Å². The van der Waals surface area contributed by atoms with E-state index in [-0.39, 0.29) is 4.90 Å². The SMILES string of the molecule is CS(=O)(=O)c1ccc2c(ccn2Cc2ccc(C3(O)CCN(C(=O)O)CC3)cn2)c1. The average Bonchev–Trinajstić information content (AvgIpc) is 3.10. The number of hydrogen-bond acceptors (Lipinski definition) is 5. The molecule has 0 radical (unpaired) electrons. The number of sulfone groups is 1. The molecule has 9 heteroatoms. The Labute approximate surface area is 174 Å². The van der Waals surface area contributed by atoms with Crippen LogP contribution in [0.1, 0.15) is 24.1 Å². The van der Waals surface area contributed by atoms with Gasteiger partial charge in [-0.05, 0) is 43.2 Å².